The van der Waals surface area contributed by atoms with E-state index in [0.29, 0.717) is 25.3 Å². The Morgan fingerprint density at radius 3 is 3.00 bits per heavy atom. The molecule has 2 aliphatic heterocycles. The van der Waals surface area contributed by atoms with Crippen LogP contribution in [-0.4, -0.2) is 53.3 Å². The summed E-state index contributed by atoms with van der Waals surface area (Å²) in [4.78, 5) is 33.1. The predicted molar refractivity (Wildman–Crippen MR) is 93.8 cm³/mol. The largest absolute Gasteiger partial charge is 0.345 e. The average molecular weight is 343 g/mol. The van der Waals surface area contributed by atoms with Crippen molar-refractivity contribution in [3.8, 4) is 0 Å². The fourth-order valence-corrected chi connectivity index (χ4v) is 4.77. The third-order valence-corrected chi connectivity index (χ3v) is 6.31. The lowest BCUT2D eigenvalue weighted by Crippen LogP contribution is -2.42. The van der Waals surface area contributed by atoms with E-state index in [1.54, 1.807) is 16.2 Å². The zero-order chi connectivity index (χ0) is 16.7. The van der Waals surface area contributed by atoms with E-state index in [2.05, 4.69) is 11.1 Å². The molecule has 0 unspecified atom stereocenters. The van der Waals surface area contributed by atoms with E-state index < -0.39 is 0 Å². The van der Waals surface area contributed by atoms with Gasteiger partial charge in [-0.2, -0.15) is 0 Å². The minimum Gasteiger partial charge on any atom is -0.345 e. The summed E-state index contributed by atoms with van der Waals surface area (Å²) in [5.41, 5.74) is 1.01. The maximum Gasteiger partial charge on any atom is 0.227 e. The second-order valence-corrected chi connectivity index (χ2v) is 7.90. The summed E-state index contributed by atoms with van der Waals surface area (Å²) in [6, 6.07) is 8.06. The SMILES string of the molecule is CN1CC[C@@H]2CN(C(=O)CCc3nc4ccccc4s3)C[C@@H]2C1=O. The van der Waals surface area contributed by atoms with Gasteiger partial charge in [-0.05, 0) is 24.5 Å². The zero-order valence-electron chi connectivity index (χ0n) is 13.8. The molecule has 2 aliphatic rings. The number of carbonyl (C=O) groups excluding carboxylic acids is 2. The number of carbonyl (C=O) groups is 2. The Labute approximate surface area is 145 Å². The number of thiazole rings is 1. The molecule has 126 valence electrons. The van der Waals surface area contributed by atoms with Crippen LogP contribution in [0.4, 0.5) is 0 Å². The van der Waals surface area contributed by atoms with Gasteiger partial charge in [0.25, 0.3) is 0 Å². The summed E-state index contributed by atoms with van der Waals surface area (Å²) < 4.78 is 1.17. The van der Waals surface area contributed by atoms with Gasteiger partial charge in [-0.25, -0.2) is 4.98 Å². The Balaban J connectivity index is 1.37. The van der Waals surface area contributed by atoms with Crippen LogP contribution in [0.25, 0.3) is 10.2 Å². The van der Waals surface area contributed by atoms with Crippen LogP contribution in [-0.2, 0) is 16.0 Å². The molecule has 6 heteroatoms. The van der Waals surface area contributed by atoms with Crippen molar-refractivity contribution in [2.45, 2.75) is 19.3 Å². The lowest BCUT2D eigenvalue weighted by atomic mass is 9.88. The molecule has 2 amide bonds. The first-order valence-corrected chi connectivity index (χ1v) is 9.30. The highest BCUT2D eigenvalue weighted by molar-refractivity contribution is 7.18. The number of hydrogen-bond donors (Lipinski definition) is 0. The fraction of sp³-hybridized carbons (Fsp3) is 0.500. The lowest BCUT2D eigenvalue weighted by Gasteiger charge is -2.30. The standard InChI is InChI=1S/C18H21N3O2S/c1-20-9-8-12-10-21(11-13(12)18(20)23)17(22)7-6-16-19-14-4-2-3-5-15(14)24-16/h2-5,12-13H,6-11H2,1H3/t12-,13+/m1/s1. The minimum absolute atomic E-state index is 0.00940. The van der Waals surface area contributed by atoms with Crippen molar-refractivity contribution in [1.82, 2.24) is 14.8 Å². The number of amides is 2. The van der Waals surface area contributed by atoms with Crippen molar-refractivity contribution >= 4 is 33.4 Å². The van der Waals surface area contributed by atoms with Gasteiger partial charge in [0.05, 0.1) is 21.1 Å². The minimum atomic E-state index is 0.00940. The Morgan fingerprint density at radius 1 is 1.33 bits per heavy atom. The van der Waals surface area contributed by atoms with E-state index in [1.165, 1.54) is 4.70 Å². The molecule has 0 saturated carbocycles. The number of aryl methyl sites for hydroxylation is 1. The first-order chi connectivity index (χ1) is 11.6. The highest BCUT2D eigenvalue weighted by Gasteiger charge is 2.42. The fourth-order valence-electron chi connectivity index (χ4n) is 3.80. The first kappa shape index (κ1) is 15.6. The van der Waals surface area contributed by atoms with Crippen molar-refractivity contribution < 1.29 is 9.59 Å². The van der Waals surface area contributed by atoms with Gasteiger partial charge in [-0.1, -0.05) is 12.1 Å². The predicted octanol–water partition coefficient (Wildman–Crippen LogP) is 2.17. The molecule has 3 heterocycles. The zero-order valence-corrected chi connectivity index (χ0v) is 14.6. The molecule has 1 aromatic heterocycles. The van der Waals surface area contributed by atoms with Gasteiger partial charge in [0, 0.05) is 39.5 Å². The van der Waals surface area contributed by atoms with Gasteiger partial charge < -0.3 is 9.80 Å². The summed E-state index contributed by atoms with van der Waals surface area (Å²) in [5.74, 6) is 0.710. The first-order valence-electron chi connectivity index (χ1n) is 8.49. The molecule has 0 spiro atoms. The molecule has 4 rings (SSSR count). The van der Waals surface area contributed by atoms with Gasteiger partial charge in [0.1, 0.15) is 0 Å². The van der Waals surface area contributed by atoms with Crippen molar-refractivity contribution in [2.75, 3.05) is 26.7 Å². The smallest absolute Gasteiger partial charge is 0.227 e. The number of hydrogen-bond acceptors (Lipinski definition) is 4. The Hall–Kier alpha value is -1.95. The molecular formula is C18H21N3O2S. The van der Waals surface area contributed by atoms with E-state index >= 15 is 0 Å². The molecule has 2 saturated heterocycles. The monoisotopic (exact) mass is 343 g/mol. The van der Waals surface area contributed by atoms with Crippen LogP contribution in [0.2, 0.25) is 0 Å². The number of piperidine rings is 1. The maximum atomic E-state index is 12.5. The molecule has 1 aromatic carbocycles. The van der Waals surface area contributed by atoms with Crippen molar-refractivity contribution in [3.63, 3.8) is 0 Å². The average Bonchev–Trinajstić information content (AvgIpc) is 3.20. The van der Waals surface area contributed by atoms with Gasteiger partial charge in [-0.15, -0.1) is 11.3 Å². The van der Waals surface area contributed by atoms with Crippen LogP contribution < -0.4 is 0 Å². The Morgan fingerprint density at radius 2 is 2.17 bits per heavy atom. The van der Waals surface area contributed by atoms with Crippen molar-refractivity contribution in [3.05, 3.63) is 29.3 Å². The van der Waals surface area contributed by atoms with Gasteiger partial charge in [0.15, 0.2) is 0 Å². The molecule has 5 nitrogen and oxygen atoms in total. The number of rotatable bonds is 3. The number of likely N-dealkylation sites (tertiary alicyclic amines) is 2. The normalized spacial score (nSPS) is 23.8. The molecule has 0 radical (unpaired) electrons. The second-order valence-electron chi connectivity index (χ2n) is 6.79. The third kappa shape index (κ3) is 2.79. The molecule has 2 aromatic rings. The Kier molecular flexibility index (Phi) is 4.00. The van der Waals surface area contributed by atoms with Crippen molar-refractivity contribution in [1.29, 1.82) is 0 Å². The summed E-state index contributed by atoms with van der Waals surface area (Å²) >= 11 is 1.66. The van der Waals surface area contributed by atoms with E-state index in [-0.39, 0.29) is 17.7 Å². The maximum absolute atomic E-state index is 12.5. The quantitative estimate of drug-likeness (QED) is 0.858. The molecule has 0 N–H and O–H groups in total. The molecule has 0 aliphatic carbocycles. The number of benzene rings is 1. The third-order valence-electron chi connectivity index (χ3n) is 5.21. The van der Waals surface area contributed by atoms with E-state index in [9.17, 15) is 9.59 Å². The van der Waals surface area contributed by atoms with Gasteiger partial charge >= 0.3 is 0 Å². The van der Waals surface area contributed by atoms with Crippen LogP contribution in [0.15, 0.2) is 24.3 Å². The molecule has 2 fully saturated rings. The summed E-state index contributed by atoms with van der Waals surface area (Å²) in [7, 11) is 1.86. The lowest BCUT2D eigenvalue weighted by molar-refractivity contribution is -0.138. The highest BCUT2D eigenvalue weighted by atomic mass is 32.1. The Bertz CT molecular complexity index is 754. The van der Waals surface area contributed by atoms with Crippen LogP contribution in [0.3, 0.4) is 0 Å². The number of nitrogens with zero attached hydrogens (tertiary/aromatic N) is 3. The van der Waals surface area contributed by atoms with Gasteiger partial charge in [-0.3, -0.25) is 9.59 Å². The molecule has 0 bridgehead atoms. The molecule has 24 heavy (non-hydrogen) atoms. The van der Waals surface area contributed by atoms with Crippen LogP contribution >= 0.6 is 11.3 Å². The van der Waals surface area contributed by atoms with Crippen LogP contribution in [0, 0.1) is 11.8 Å². The van der Waals surface area contributed by atoms with E-state index in [1.807, 2.05) is 30.1 Å². The highest BCUT2D eigenvalue weighted by Crippen LogP contribution is 2.32. The number of fused-ring (bicyclic) bond motifs is 2. The molecular weight excluding hydrogens is 322 g/mol. The van der Waals surface area contributed by atoms with Crippen LogP contribution in [0.5, 0.6) is 0 Å². The topological polar surface area (TPSA) is 53.5 Å². The van der Waals surface area contributed by atoms with Gasteiger partial charge in [0.2, 0.25) is 11.8 Å². The second kappa shape index (κ2) is 6.16. The molecule has 2 atom stereocenters. The van der Waals surface area contributed by atoms with Crippen molar-refractivity contribution in [2.24, 2.45) is 11.8 Å². The van der Waals surface area contributed by atoms with E-state index in [4.69, 9.17) is 0 Å². The van der Waals surface area contributed by atoms with E-state index in [0.717, 1.165) is 30.0 Å². The van der Waals surface area contributed by atoms with Crippen LogP contribution in [0.1, 0.15) is 17.8 Å². The number of para-hydroxylation sites is 1. The summed E-state index contributed by atoms with van der Waals surface area (Å²) in [6.07, 6.45) is 2.16. The summed E-state index contributed by atoms with van der Waals surface area (Å²) in [5, 5.41) is 1.01. The summed E-state index contributed by atoms with van der Waals surface area (Å²) in [6.45, 7) is 2.14. The number of aromatic nitrogens is 1.